The van der Waals surface area contributed by atoms with E-state index in [1.807, 2.05) is 11.8 Å². The zero-order chi connectivity index (χ0) is 16.8. The molecule has 2 fully saturated rings. The normalized spacial score (nSPS) is 36.2. The van der Waals surface area contributed by atoms with Crippen LogP contribution in [0.15, 0.2) is 16.3 Å². The molecule has 0 aromatic heterocycles. The van der Waals surface area contributed by atoms with E-state index in [2.05, 4.69) is 35.0 Å². The van der Waals surface area contributed by atoms with Crippen LogP contribution in [0.3, 0.4) is 0 Å². The predicted molar refractivity (Wildman–Crippen MR) is 99.4 cm³/mol. The molecule has 2 unspecified atom stereocenters. The molecule has 0 amide bonds. The van der Waals surface area contributed by atoms with Crippen LogP contribution in [-0.4, -0.2) is 35.5 Å². The van der Waals surface area contributed by atoms with Crippen molar-refractivity contribution in [2.75, 3.05) is 13.1 Å². The summed E-state index contributed by atoms with van der Waals surface area (Å²) in [5.74, 6) is 0.716. The first-order chi connectivity index (χ1) is 11.5. The molecule has 6 heteroatoms. The molecule has 0 radical (unpaired) electrons. The van der Waals surface area contributed by atoms with Gasteiger partial charge in [-0.05, 0) is 55.5 Å². The third-order valence-electron chi connectivity index (χ3n) is 5.90. The molecule has 4 aliphatic rings. The Hall–Kier alpha value is -1.01. The van der Waals surface area contributed by atoms with Crippen molar-refractivity contribution < 1.29 is 4.84 Å². The van der Waals surface area contributed by atoms with Crippen LogP contribution >= 0.6 is 11.8 Å². The van der Waals surface area contributed by atoms with Crippen LogP contribution in [0.4, 0.5) is 0 Å². The van der Waals surface area contributed by atoms with Gasteiger partial charge in [-0.3, -0.25) is 0 Å². The Bertz CT molecular complexity index is 594. The number of allylic oxidation sites excluding steroid dienone is 1. The maximum atomic E-state index is 8.42. The van der Waals surface area contributed by atoms with Crippen molar-refractivity contribution >= 4 is 23.2 Å². The summed E-state index contributed by atoms with van der Waals surface area (Å²) in [5, 5.41) is 22.6. The molecule has 2 atom stereocenters. The third kappa shape index (κ3) is 2.99. The first kappa shape index (κ1) is 16.5. The summed E-state index contributed by atoms with van der Waals surface area (Å²) in [6.07, 6.45) is 6.00. The van der Waals surface area contributed by atoms with Crippen molar-refractivity contribution in [2.24, 2.45) is 16.5 Å². The van der Waals surface area contributed by atoms with Gasteiger partial charge >= 0.3 is 0 Å². The maximum absolute atomic E-state index is 8.42. The number of hydrogen-bond donors (Lipinski definition) is 3. The molecule has 24 heavy (non-hydrogen) atoms. The molecule has 132 valence electrons. The van der Waals surface area contributed by atoms with Crippen LogP contribution in [0.25, 0.3) is 0 Å². The molecule has 1 aliphatic carbocycles. The highest BCUT2D eigenvalue weighted by Gasteiger charge is 2.50. The Morgan fingerprint density at radius 1 is 1.33 bits per heavy atom. The van der Waals surface area contributed by atoms with Crippen molar-refractivity contribution in [3.63, 3.8) is 0 Å². The summed E-state index contributed by atoms with van der Waals surface area (Å²) in [4.78, 5) is 5.90. The van der Waals surface area contributed by atoms with Crippen LogP contribution in [0.2, 0.25) is 0 Å². The highest BCUT2D eigenvalue weighted by molar-refractivity contribution is 8.03. The Morgan fingerprint density at radius 2 is 2.12 bits per heavy atom. The van der Waals surface area contributed by atoms with Gasteiger partial charge in [0, 0.05) is 12.8 Å². The van der Waals surface area contributed by atoms with E-state index in [1.165, 1.54) is 12.8 Å². The second-order valence-electron chi connectivity index (χ2n) is 8.44. The Balaban J connectivity index is 1.41. The first-order valence-electron chi connectivity index (χ1n) is 9.14. The van der Waals surface area contributed by atoms with Gasteiger partial charge in [-0.25, -0.2) is 0 Å². The summed E-state index contributed by atoms with van der Waals surface area (Å²) in [6, 6.07) is 0. The number of piperidine rings is 1. The fourth-order valence-electron chi connectivity index (χ4n) is 4.43. The van der Waals surface area contributed by atoms with Crippen molar-refractivity contribution in [2.45, 2.75) is 63.3 Å². The standard InChI is InChI=1S/C18H28N4OS/c1-17(2)6-3-15(19)18(11-17)9-13(22-23-18)14-10-24-16(21-14)12-4-7-20-8-5-12/h10,12,16,19-21H,3-9,11H2,1-2H3. The smallest absolute Gasteiger partial charge is 0.181 e. The lowest BCUT2D eigenvalue weighted by atomic mass is 9.67. The van der Waals surface area contributed by atoms with E-state index in [9.17, 15) is 0 Å². The summed E-state index contributed by atoms with van der Waals surface area (Å²) in [7, 11) is 0. The minimum atomic E-state index is -0.489. The molecule has 0 aromatic carbocycles. The van der Waals surface area contributed by atoms with Gasteiger partial charge in [0.05, 0.1) is 16.8 Å². The number of hydrogen-bond acceptors (Lipinski definition) is 6. The first-order valence-corrected chi connectivity index (χ1v) is 10.1. The van der Waals surface area contributed by atoms with Gasteiger partial charge in [0.2, 0.25) is 0 Å². The van der Waals surface area contributed by atoms with E-state index in [4.69, 9.17) is 10.2 Å². The predicted octanol–water partition coefficient (Wildman–Crippen LogP) is 3.23. The largest absolute Gasteiger partial charge is 0.382 e. The van der Waals surface area contributed by atoms with Crippen LogP contribution in [-0.2, 0) is 4.84 Å². The van der Waals surface area contributed by atoms with Crippen LogP contribution in [0, 0.1) is 16.7 Å². The molecule has 1 spiro atoms. The zero-order valence-corrected chi connectivity index (χ0v) is 15.5. The number of oxime groups is 1. The monoisotopic (exact) mass is 348 g/mol. The van der Waals surface area contributed by atoms with Gasteiger partial charge in [-0.1, -0.05) is 19.0 Å². The van der Waals surface area contributed by atoms with E-state index in [0.717, 1.165) is 55.9 Å². The van der Waals surface area contributed by atoms with Gasteiger partial charge in [0.1, 0.15) is 5.71 Å². The number of nitrogens with one attached hydrogen (secondary N) is 3. The fourth-order valence-corrected chi connectivity index (χ4v) is 5.60. The molecule has 1 saturated heterocycles. The quantitative estimate of drug-likeness (QED) is 0.716. The Morgan fingerprint density at radius 3 is 2.92 bits per heavy atom. The summed E-state index contributed by atoms with van der Waals surface area (Å²) < 4.78 is 0. The van der Waals surface area contributed by atoms with Crippen molar-refractivity contribution in [1.82, 2.24) is 10.6 Å². The lowest BCUT2D eigenvalue weighted by molar-refractivity contribution is -0.00976. The number of rotatable bonds is 2. The van der Waals surface area contributed by atoms with E-state index < -0.39 is 5.60 Å². The van der Waals surface area contributed by atoms with E-state index in [1.54, 1.807) is 0 Å². The van der Waals surface area contributed by atoms with E-state index >= 15 is 0 Å². The van der Waals surface area contributed by atoms with Gasteiger partial charge < -0.3 is 20.9 Å². The maximum Gasteiger partial charge on any atom is 0.181 e. The fraction of sp³-hybridized carbons (Fsp3) is 0.778. The van der Waals surface area contributed by atoms with Crippen LogP contribution in [0.1, 0.15) is 52.4 Å². The van der Waals surface area contributed by atoms with Gasteiger partial charge in [-0.2, -0.15) is 0 Å². The third-order valence-corrected chi connectivity index (χ3v) is 7.07. The van der Waals surface area contributed by atoms with E-state index in [-0.39, 0.29) is 5.41 Å². The molecule has 4 rings (SSSR count). The molecule has 0 aromatic rings. The average molecular weight is 349 g/mol. The summed E-state index contributed by atoms with van der Waals surface area (Å²) in [6.45, 7) is 6.80. The van der Waals surface area contributed by atoms with Crippen LogP contribution in [0.5, 0.6) is 0 Å². The topological polar surface area (TPSA) is 69.5 Å². The minimum Gasteiger partial charge on any atom is -0.382 e. The molecule has 3 aliphatic heterocycles. The minimum absolute atomic E-state index is 0.222. The molecule has 3 N–H and O–H groups in total. The van der Waals surface area contributed by atoms with Gasteiger partial charge in [0.15, 0.2) is 5.60 Å². The lowest BCUT2D eigenvalue weighted by Crippen LogP contribution is -2.47. The van der Waals surface area contributed by atoms with Crippen molar-refractivity contribution in [3.05, 3.63) is 11.1 Å². The second kappa shape index (κ2) is 6.06. The van der Waals surface area contributed by atoms with Crippen LogP contribution < -0.4 is 10.6 Å². The molecular weight excluding hydrogens is 320 g/mol. The molecule has 5 nitrogen and oxygen atoms in total. The average Bonchev–Trinajstić information content (AvgIpc) is 3.20. The zero-order valence-electron chi connectivity index (χ0n) is 14.7. The van der Waals surface area contributed by atoms with E-state index in [0.29, 0.717) is 11.3 Å². The highest BCUT2D eigenvalue weighted by Crippen LogP contribution is 2.46. The molecule has 1 saturated carbocycles. The molecule has 0 bridgehead atoms. The number of thioether (sulfide) groups is 1. The van der Waals surface area contributed by atoms with Gasteiger partial charge in [0.25, 0.3) is 0 Å². The molecule has 3 heterocycles. The molecular formula is C18H28N4OS. The van der Waals surface area contributed by atoms with Crippen molar-refractivity contribution in [3.8, 4) is 0 Å². The SMILES string of the molecule is CC1(C)CCC(=N)C2(CC(C3=CSC(C4CCNCC4)N3)=NO2)C1. The Kier molecular flexibility index (Phi) is 4.15. The summed E-state index contributed by atoms with van der Waals surface area (Å²) >= 11 is 1.89. The second-order valence-corrected chi connectivity index (χ2v) is 9.46. The summed E-state index contributed by atoms with van der Waals surface area (Å²) in [5.41, 5.74) is 2.58. The highest BCUT2D eigenvalue weighted by atomic mass is 32.2. The lowest BCUT2D eigenvalue weighted by Gasteiger charge is -2.40. The number of nitrogens with zero attached hydrogens (tertiary/aromatic N) is 1. The van der Waals surface area contributed by atoms with Gasteiger partial charge in [-0.15, -0.1) is 11.8 Å². The Labute approximate surface area is 148 Å². The van der Waals surface area contributed by atoms with Crippen molar-refractivity contribution in [1.29, 1.82) is 5.41 Å².